The zero-order valence-corrected chi connectivity index (χ0v) is 33.5. The van der Waals surface area contributed by atoms with Crippen molar-refractivity contribution in [3.05, 3.63) is 104 Å². The first-order valence-electron chi connectivity index (χ1n) is 16.0. The number of methoxy groups -OCH3 is 3. The Morgan fingerprint density at radius 2 is 1.39 bits per heavy atom. The minimum Gasteiger partial charge on any atom is -0.481 e. The number of fused-ring (bicyclic) bond motifs is 3. The molecule has 0 fully saturated rings. The van der Waals surface area contributed by atoms with Crippen LogP contribution >= 0.6 is 34.8 Å². The number of hydrogen-bond acceptors (Lipinski definition) is 13. The van der Waals surface area contributed by atoms with Crippen molar-refractivity contribution in [2.24, 2.45) is 0 Å². The van der Waals surface area contributed by atoms with E-state index in [2.05, 4.69) is 30.0 Å². The molecule has 0 saturated heterocycles. The summed E-state index contributed by atoms with van der Waals surface area (Å²) in [5, 5.41) is 24.1. The number of rotatable bonds is 8. The van der Waals surface area contributed by atoms with E-state index in [0.717, 1.165) is 28.8 Å². The van der Waals surface area contributed by atoms with E-state index in [1.807, 2.05) is 17.7 Å². The average Bonchev–Trinajstić information content (AvgIpc) is 3.58. The van der Waals surface area contributed by atoms with Crippen molar-refractivity contribution in [1.29, 1.82) is 0 Å². The molecule has 17 nitrogen and oxygen atoms in total. The summed E-state index contributed by atoms with van der Waals surface area (Å²) in [4.78, 5) is 40.1. The van der Waals surface area contributed by atoms with Gasteiger partial charge in [0.1, 0.15) is 11.1 Å². The molecule has 5 aromatic heterocycles. The van der Waals surface area contributed by atoms with Crippen molar-refractivity contribution in [3.63, 3.8) is 0 Å². The van der Waals surface area contributed by atoms with Crippen molar-refractivity contribution in [2.75, 3.05) is 26.1 Å². The number of pyridine rings is 3. The highest BCUT2D eigenvalue weighted by Gasteiger charge is 2.40. The number of hydrogen-bond donors (Lipinski definition) is 3. The van der Waals surface area contributed by atoms with Gasteiger partial charge in [0, 0.05) is 29.4 Å². The molecule has 2 aromatic carbocycles. The van der Waals surface area contributed by atoms with Crippen LogP contribution in [-0.4, -0.2) is 86.4 Å². The first kappa shape index (κ1) is 43.8. The molecule has 5 heterocycles. The number of aryl methyl sites for hydroxylation is 1. The molecule has 0 spiro atoms. The van der Waals surface area contributed by atoms with Gasteiger partial charge in [0.05, 0.1) is 59.1 Å². The van der Waals surface area contributed by atoms with Gasteiger partial charge in [0.2, 0.25) is 17.6 Å². The molecule has 0 saturated carbocycles. The molecule has 0 bridgehead atoms. The van der Waals surface area contributed by atoms with E-state index in [1.165, 1.54) is 32.5 Å². The minimum absolute atomic E-state index is 0.00540. The van der Waals surface area contributed by atoms with Crippen LogP contribution in [0.25, 0.3) is 27.6 Å². The Kier molecular flexibility index (Phi) is 13.1. The number of ether oxygens (including phenoxy) is 3. The minimum atomic E-state index is -4.98. The molecular weight excluding hydrogens is 872 g/mol. The van der Waals surface area contributed by atoms with E-state index in [4.69, 9.17) is 59.2 Å². The number of nitrogens with one attached hydrogen (secondary N) is 1. The van der Waals surface area contributed by atoms with E-state index in [-0.39, 0.29) is 38.7 Å². The molecule has 0 radical (unpaired) electrons. The van der Waals surface area contributed by atoms with Crippen molar-refractivity contribution >= 4 is 90.3 Å². The Morgan fingerprint density at radius 1 is 0.797 bits per heavy atom. The first-order valence-corrected chi connectivity index (χ1v) is 18.6. The summed E-state index contributed by atoms with van der Waals surface area (Å²) in [6, 6.07) is 11.9. The highest BCUT2D eigenvalue weighted by atomic mass is 35.5. The third-order valence-electron chi connectivity index (χ3n) is 7.67. The van der Waals surface area contributed by atoms with E-state index in [1.54, 1.807) is 30.5 Å². The molecule has 0 atom stereocenters. The number of halogens is 6. The standard InChI is InChI=1S/C14H13F3N6O5S.C11H8ClNO2.C10H5Cl2NO2/c1-26-8-6-9(27-2)23-13(19-8)20-12(21-23)22-29(24,25)10-7(14(15,16)17)4-5-18-11(10)28-3;1-6-4-7-2-3-8(12)9(11(14)15)10(7)13-5-6;11-6-3-5-1-2-7(12)8(10(14)15)9(5)13-4-6/h4-6H,1-3H3,(H,21,22);2-5H,1H3,(H,14,15);1-4H,(H,14,15). The van der Waals surface area contributed by atoms with Gasteiger partial charge in [-0.25, -0.2) is 27.7 Å². The van der Waals surface area contributed by atoms with Crippen molar-refractivity contribution in [2.45, 2.75) is 18.0 Å². The van der Waals surface area contributed by atoms with E-state index >= 15 is 0 Å². The van der Waals surface area contributed by atoms with E-state index in [9.17, 15) is 31.2 Å². The number of aromatic carboxylic acids is 2. The lowest BCUT2D eigenvalue weighted by Crippen LogP contribution is -2.21. The number of carbonyl (C=O) groups is 2. The van der Waals surface area contributed by atoms with Crippen molar-refractivity contribution < 1.29 is 55.6 Å². The molecule has 0 amide bonds. The summed E-state index contributed by atoms with van der Waals surface area (Å²) in [6.07, 6.45) is -1.17. The van der Waals surface area contributed by atoms with Gasteiger partial charge in [-0.2, -0.15) is 27.7 Å². The number of sulfonamides is 1. The second kappa shape index (κ2) is 17.7. The predicted molar refractivity (Wildman–Crippen MR) is 208 cm³/mol. The Morgan fingerprint density at radius 3 is 1.93 bits per heavy atom. The SMILES string of the molecule is COc1cc(OC)n2nc(NS(=O)(=O)c3c(C(F)(F)F)ccnc3OC)nc2n1.Cc1cnc2c(C(=O)O)c(Cl)ccc2c1.O=C(O)c1c(Cl)ccc2cc(Cl)cnc12. The number of carboxylic acids is 2. The quantitative estimate of drug-likeness (QED) is 0.134. The van der Waals surface area contributed by atoms with Crippen LogP contribution in [0.2, 0.25) is 15.1 Å². The van der Waals surface area contributed by atoms with Crippen LogP contribution in [0.3, 0.4) is 0 Å². The maximum atomic E-state index is 13.3. The molecule has 0 aliphatic rings. The fourth-order valence-corrected chi connectivity index (χ4v) is 7.09. The molecule has 7 rings (SSSR count). The Balaban J connectivity index is 0.000000185. The molecule has 59 heavy (non-hydrogen) atoms. The van der Waals surface area contributed by atoms with Gasteiger partial charge < -0.3 is 24.4 Å². The van der Waals surface area contributed by atoms with Gasteiger partial charge in [-0.3, -0.25) is 9.97 Å². The van der Waals surface area contributed by atoms with Crippen LogP contribution in [0.5, 0.6) is 17.6 Å². The zero-order valence-electron chi connectivity index (χ0n) is 30.4. The normalized spacial score (nSPS) is 11.3. The molecule has 24 heteroatoms. The highest BCUT2D eigenvalue weighted by molar-refractivity contribution is 7.92. The second-order valence-electron chi connectivity index (χ2n) is 11.6. The lowest BCUT2D eigenvalue weighted by Gasteiger charge is -2.15. The lowest BCUT2D eigenvalue weighted by atomic mass is 10.1. The van der Waals surface area contributed by atoms with Crippen molar-refractivity contribution in [3.8, 4) is 17.6 Å². The maximum Gasteiger partial charge on any atom is 0.418 e. The highest BCUT2D eigenvalue weighted by Crippen LogP contribution is 2.38. The monoisotopic (exact) mass is 896 g/mol. The summed E-state index contributed by atoms with van der Waals surface area (Å²) < 4.78 is 83.1. The largest absolute Gasteiger partial charge is 0.481 e. The zero-order chi connectivity index (χ0) is 43.4. The van der Waals surface area contributed by atoms with Gasteiger partial charge >= 0.3 is 18.1 Å². The smallest absolute Gasteiger partial charge is 0.418 e. The molecule has 0 unspecified atom stereocenters. The first-order chi connectivity index (χ1) is 27.8. The van der Waals surface area contributed by atoms with Crippen LogP contribution in [0, 0.1) is 6.92 Å². The second-order valence-corrected chi connectivity index (χ2v) is 14.4. The molecule has 0 aliphatic carbocycles. The number of carboxylic acid groups (broad SMARTS) is 2. The Bertz CT molecular complexity index is 2770. The molecular formula is C35H26Cl3F3N8O9S. The predicted octanol–water partition coefficient (Wildman–Crippen LogP) is 7.50. The third kappa shape index (κ3) is 9.71. The van der Waals surface area contributed by atoms with Crippen molar-refractivity contribution in [1.82, 2.24) is 34.5 Å². The molecule has 7 aromatic rings. The number of nitrogens with zero attached hydrogens (tertiary/aromatic N) is 7. The number of anilines is 1. The maximum absolute atomic E-state index is 13.3. The lowest BCUT2D eigenvalue weighted by molar-refractivity contribution is -0.140. The van der Waals surface area contributed by atoms with Gasteiger partial charge in [0.25, 0.3) is 21.7 Å². The van der Waals surface area contributed by atoms with Gasteiger partial charge in [-0.15, -0.1) is 5.10 Å². The summed E-state index contributed by atoms with van der Waals surface area (Å²) in [5.74, 6) is -3.36. The summed E-state index contributed by atoms with van der Waals surface area (Å²) in [6.45, 7) is 1.90. The van der Waals surface area contributed by atoms with E-state index in [0.29, 0.717) is 27.5 Å². The Labute approximate surface area is 345 Å². The van der Waals surface area contributed by atoms with Crippen LogP contribution in [0.15, 0.2) is 72.0 Å². The fourth-order valence-electron chi connectivity index (χ4n) is 5.19. The van der Waals surface area contributed by atoms with Gasteiger partial charge in [-0.05, 0) is 42.8 Å². The number of benzene rings is 2. The van der Waals surface area contributed by atoms with E-state index < -0.39 is 50.4 Å². The number of aromatic nitrogens is 7. The van der Waals surface area contributed by atoms with Gasteiger partial charge in [0.15, 0.2) is 4.90 Å². The molecule has 308 valence electrons. The fraction of sp³-hybridized carbons (Fsp3) is 0.143. The number of alkyl halides is 3. The summed E-state index contributed by atoms with van der Waals surface area (Å²) in [5.41, 5.74) is 0.374. The topological polar surface area (TPSA) is 230 Å². The Hall–Kier alpha value is -6.29. The van der Waals surface area contributed by atoms with Crippen LogP contribution in [0.1, 0.15) is 31.8 Å². The summed E-state index contributed by atoms with van der Waals surface area (Å²) >= 11 is 17.3. The van der Waals surface area contributed by atoms with Gasteiger partial charge in [-0.1, -0.05) is 46.9 Å². The average molecular weight is 898 g/mol. The summed E-state index contributed by atoms with van der Waals surface area (Å²) in [7, 11) is -1.20. The van der Waals surface area contributed by atoms with Crippen LogP contribution < -0.4 is 18.9 Å². The van der Waals surface area contributed by atoms with Crippen LogP contribution in [0.4, 0.5) is 19.1 Å². The third-order valence-corrected chi connectivity index (χ3v) is 9.89. The molecule has 0 aliphatic heterocycles. The van der Waals surface area contributed by atoms with Crippen LogP contribution in [-0.2, 0) is 16.2 Å². The molecule has 3 N–H and O–H groups in total.